The first-order valence-electron chi connectivity index (χ1n) is 14.2. The van der Waals surface area contributed by atoms with Gasteiger partial charge in [0.1, 0.15) is 30.7 Å². The number of nitrogens with one attached hydrogen (secondary N) is 1. The van der Waals surface area contributed by atoms with E-state index in [4.69, 9.17) is 18.9 Å². The summed E-state index contributed by atoms with van der Waals surface area (Å²) < 4.78 is 22.8. The van der Waals surface area contributed by atoms with Gasteiger partial charge in [0.15, 0.2) is 11.5 Å². The number of nitrogens with zero attached hydrogens (tertiary/aromatic N) is 1. The van der Waals surface area contributed by atoms with E-state index in [-0.39, 0.29) is 17.4 Å². The molecule has 3 aliphatic rings. The largest absolute Gasteiger partial charge is 0.507 e. The van der Waals surface area contributed by atoms with E-state index in [0.29, 0.717) is 62.0 Å². The zero-order chi connectivity index (χ0) is 28.2. The van der Waals surface area contributed by atoms with Gasteiger partial charge < -0.3 is 33.9 Å². The number of ether oxygens (including phenoxy) is 4. The molecule has 2 saturated heterocycles. The second-order valence-electron chi connectivity index (χ2n) is 10.7. The highest BCUT2D eigenvalue weighted by molar-refractivity contribution is 6.46. The number of Topliss-reactive ketones (excluding diaryl/α,β-unsaturated/α-hetero) is 1. The third kappa shape index (κ3) is 5.67. The third-order valence-electron chi connectivity index (χ3n) is 7.87. The fourth-order valence-corrected chi connectivity index (χ4v) is 5.67. The average molecular weight is 552 g/mol. The standard InChI is InChI=1S/C31H38N2O7/c1-4-5-14-39-25-9-6-21(19-26(25)37-3)28-27(29(34)22-7-8-24-23(18-22)17-20(2)40-24)30(35)31(36)33(28)11-10-32-12-15-38-16-13-32/h6-9,18-20,28,34H,4-5,10-17H2,1-3H3/p+1/t20-,28+/m0/s1. The number of methoxy groups -OCH3 is 1. The molecule has 0 saturated carbocycles. The van der Waals surface area contributed by atoms with Gasteiger partial charge in [0, 0.05) is 12.0 Å². The van der Waals surface area contributed by atoms with Crippen molar-refractivity contribution >= 4 is 17.4 Å². The third-order valence-corrected chi connectivity index (χ3v) is 7.87. The summed E-state index contributed by atoms with van der Waals surface area (Å²) in [7, 11) is 1.57. The molecule has 40 heavy (non-hydrogen) atoms. The molecule has 0 spiro atoms. The van der Waals surface area contributed by atoms with Crippen LogP contribution in [0.2, 0.25) is 0 Å². The lowest BCUT2D eigenvalue weighted by atomic mass is 9.94. The highest BCUT2D eigenvalue weighted by Gasteiger charge is 2.46. The van der Waals surface area contributed by atoms with Crippen molar-refractivity contribution in [3.8, 4) is 17.2 Å². The average Bonchev–Trinajstić information content (AvgIpc) is 3.47. The smallest absolute Gasteiger partial charge is 0.295 e. The number of carbonyl (C=O) groups excluding carboxylic acids is 2. The molecule has 214 valence electrons. The molecule has 2 aromatic carbocycles. The molecule has 9 heteroatoms. The minimum Gasteiger partial charge on any atom is -0.507 e. The molecule has 0 bridgehead atoms. The summed E-state index contributed by atoms with van der Waals surface area (Å²) in [6, 6.07) is 10.1. The summed E-state index contributed by atoms with van der Waals surface area (Å²) in [4.78, 5) is 29.9. The molecule has 3 heterocycles. The maximum atomic E-state index is 13.5. The summed E-state index contributed by atoms with van der Waals surface area (Å²) in [6.45, 7) is 8.75. The second-order valence-corrected chi connectivity index (χ2v) is 10.7. The zero-order valence-electron chi connectivity index (χ0n) is 23.5. The van der Waals surface area contributed by atoms with Crippen LogP contribution in [0.3, 0.4) is 0 Å². The molecule has 0 radical (unpaired) electrons. The number of likely N-dealkylation sites (tertiary alicyclic amines) is 1. The number of carbonyl (C=O) groups is 2. The minimum atomic E-state index is -0.762. The Morgan fingerprint density at radius 1 is 1.12 bits per heavy atom. The lowest BCUT2D eigenvalue weighted by Crippen LogP contribution is -3.14. The zero-order valence-corrected chi connectivity index (χ0v) is 23.5. The minimum absolute atomic E-state index is 0.0474. The molecule has 9 nitrogen and oxygen atoms in total. The van der Waals surface area contributed by atoms with Gasteiger partial charge in [-0.2, -0.15) is 0 Å². The maximum absolute atomic E-state index is 13.5. The lowest BCUT2D eigenvalue weighted by Gasteiger charge is -2.29. The van der Waals surface area contributed by atoms with Gasteiger partial charge in [-0.25, -0.2) is 0 Å². The number of benzene rings is 2. The van der Waals surface area contributed by atoms with Crippen LogP contribution in [0.15, 0.2) is 42.0 Å². The highest BCUT2D eigenvalue weighted by atomic mass is 16.5. The van der Waals surface area contributed by atoms with Crippen LogP contribution in [0.5, 0.6) is 17.2 Å². The fourth-order valence-electron chi connectivity index (χ4n) is 5.67. The number of quaternary nitrogens is 1. The first-order chi connectivity index (χ1) is 19.4. The Morgan fingerprint density at radius 3 is 2.67 bits per heavy atom. The number of rotatable bonds is 10. The van der Waals surface area contributed by atoms with Gasteiger partial charge in [-0.15, -0.1) is 0 Å². The van der Waals surface area contributed by atoms with Gasteiger partial charge >= 0.3 is 0 Å². The topological polar surface area (TPSA) is 99.0 Å². The van der Waals surface area contributed by atoms with E-state index in [1.807, 2.05) is 31.2 Å². The van der Waals surface area contributed by atoms with Gasteiger partial charge in [-0.1, -0.05) is 19.4 Å². The van der Waals surface area contributed by atoms with E-state index < -0.39 is 17.7 Å². The molecule has 0 aromatic heterocycles. The van der Waals surface area contributed by atoms with Crippen molar-refractivity contribution in [3.63, 3.8) is 0 Å². The monoisotopic (exact) mass is 551 g/mol. The molecule has 2 aromatic rings. The molecular formula is C31H39N2O7+. The van der Waals surface area contributed by atoms with Crippen LogP contribution in [-0.4, -0.2) is 80.9 Å². The Bertz CT molecular complexity index is 1280. The van der Waals surface area contributed by atoms with Gasteiger partial charge in [-0.05, 0) is 54.8 Å². The van der Waals surface area contributed by atoms with Crippen molar-refractivity contribution in [3.05, 3.63) is 58.7 Å². The van der Waals surface area contributed by atoms with Crippen molar-refractivity contribution in [1.29, 1.82) is 0 Å². The molecule has 0 aliphatic carbocycles. The molecule has 5 rings (SSSR count). The Hall–Kier alpha value is -3.56. The highest BCUT2D eigenvalue weighted by Crippen LogP contribution is 2.42. The Balaban J connectivity index is 1.53. The summed E-state index contributed by atoms with van der Waals surface area (Å²) >= 11 is 0. The SMILES string of the molecule is CCCCOc1ccc([C@@H]2C(=C(O)c3ccc4c(c3)C[C@H](C)O4)C(=O)C(=O)N2CC[NH+]2CCOCC2)cc1OC. The number of ketones is 1. The van der Waals surface area contributed by atoms with E-state index in [2.05, 4.69) is 6.92 Å². The number of aliphatic hydroxyl groups excluding tert-OH is 1. The Labute approximate surface area is 235 Å². The van der Waals surface area contributed by atoms with Crippen LogP contribution in [0.1, 0.15) is 49.4 Å². The van der Waals surface area contributed by atoms with Gasteiger partial charge in [0.05, 0.1) is 51.6 Å². The molecule has 0 unspecified atom stereocenters. The van der Waals surface area contributed by atoms with E-state index in [1.54, 1.807) is 24.1 Å². The van der Waals surface area contributed by atoms with Crippen LogP contribution in [-0.2, 0) is 20.7 Å². The second kappa shape index (κ2) is 12.3. The maximum Gasteiger partial charge on any atom is 0.295 e. The van der Waals surface area contributed by atoms with Crippen molar-refractivity contribution in [1.82, 2.24) is 4.90 Å². The van der Waals surface area contributed by atoms with Gasteiger partial charge in [0.25, 0.3) is 11.7 Å². The summed E-state index contributed by atoms with van der Waals surface area (Å²) in [5.74, 6) is 0.405. The molecular weight excluding hydrogens is 512 g/mol. The van der Waals surface area contributed by atoms with Crippen molar-refractivity contribution < 1.29 is 38.5 Å². The summed E-state index contributed by atoms with van der Waals surface area (Å²) in [5.41, 5.74) is 2.21. The lowest BCUT2D eigenvalue weighted by molar-refractivity contribution is -0.907. The van der Waals surface area contributed by atoms with Gasteiger partial charge in [0.2, 0.25) is 0 Å². The number of aliphatic hydroxyl groups is 1. The van der Waals surface area contributed by atoms with Crippen LogP contribution in [0, 0.1) is 0 Å². The van der Waals surface area contributed by atoms with E-state index >= 15 is 0 Å². The quantitative estimate of drug-likeness (QED) is 0.203. The van der Waals surface area contributed by atoms with Gasteiger partial charge in [-0.3, -0.25) is 9.59 Å². The number of amides is 1. The first-order valence-corrected chi connectivity index (χ1v) is 14.2. The van der Waals surface area contributed by atoms with Crippen LogP contribution in [0.25, 0.3) is 5.76 Å². The van der Waals surface area contributed by atoms with Crippen LogP contribution >= 0.6 is 0 Å². The normalized spacial score (nSPS) is 22.3. The van der Waals surface area contributed by atoms with Crippen molar-refractivity contribution in [2.75, 3.05) is 53.1 Å². The fraction of sp³-hybridized carbons (Fsp3) is 0.484. The van der Waals surface area contributed by atoms with Crippen LogP contribution in [0.4, 0.5) is 0 Å². The molecule has 1 amide bonds. The van der Waals surface area contributed by atoms with Crippen molar-refractivity contribution in [2.24, 2.45) is 0 Å². The molecule has 2 atom stereocenters. The number of hydrogen-bond donors (Lipinski definition) is 2. The Kier molecular flexibility index (Phi) is 8.61. The number of unbranched alkanes of at least 4 members (excludes halogenated alkanes) is 1. The number of fused-ring (bicyclic) bond motifs is 1. The summed E-state index contributed by atoms with van der Waals surface area (Å²) in [5, 5.41) is 11.6. The van der Waals surface area contributed by atoms with E-state index in [9.17, 15) is 14.7 Å². The first kappa shape index (κ1) is 28.0. The van der Waals surface area contributed by atoms with Crippen molar-refractivity contribution in [2.45, 2.75) is 45.3 Å². The van der Waals surface area contributed by atoms with Crippen LogP contribution < -0.4 is 19.1 Å². The molecule has 3 aliphatic heterocycles. The van der Waals surface area contributed by atoms with E-state index in [1.165, 1.54) is 4.90 Å². The molecule has 2 N–H and O–H groups in total. The number of morpholine rings is 1. The molecule has 2 fully saturated rings. The Morgan fingerprint density at radius 2 is 1.93 bits per heavy atom. The number of hydrogen-bond acceptors (Lipinski definition) is 7. The van der Waals surface area contributed by atoms with E-state index in [0.717, 1.165) is 37.2 Å². The predicted molar refractivity (Wildman–Crippen MR) is 149 cm³/mol. The summed E-state index contributed by atoms with van der Waals surface area (Å²) in [6.07, 6.45) is 2.69. The predicted octanol–water partition coefficient (Wildman–Crippen LogP) is 2.53.